The van der Waals surface area contributed by atoms with Gasteiger partial charge in [-0.25, -0.2) is 0 Å². The number of nitrogens with two attached hydrogens (primary N) is 1. The Kier molecular flexibility index (Phi) is 7.54. The van der Waals surface area contributed by atoms with Gasteiger partial charge in [-0.2, -0.15) is 0 Å². The molecule has 0 aromatic heterocycles. The van der Waals surface area contributed by atoms with Crippen molar-refractivity contribution >= 4 is 11.8 Å². The molecule has 1 atom stereocenters. The van der Waals surface area contributed by atoms with Gasteiger partial charge in [-0.3, -0.25) is 9.59 Å². The van der Waals surface area contributed by atoms with E-state index in [2.05, 4.69) is 0 Å². The van der Waals surface area contributed by atoms with E-state index in [1.807, 2.05) is 13.8 Å². The van der Waals surface area contributed by atoms with Crippen molar-refractivity contribution in [1.82, 2.24) is 9.80 Å². The van der Waals surface area contributed by atoms with Gasteiger partial charge in [0.2, 0.25) is 11.8 Å². The SMILES string of the molecule is COCCN(CC(=O)N(C)C)C(=O)[C@@H](N)C(C)C. The Morgan fingerprint density at radius 2 is 1.83 bits per heavy atom. The number of likely N-dealkylation sites (N-methyl/N-ethyl adjacent to an activating group) is 1. The molecule has 0 aliphatic heterocycles. The molecule has 0 radical (unpaired) electrons. The van der Waals surface area contributed by atoms with Crippen LogP contribution in [0.1, 0.15) is 13.8 Å². The fraction of sp³-hybridized carbons (Fsp3) is 0.833. The van der Waals surface area contributed by atoms with Gasteiger partial charge in [0.25, 0.3) is 0 Å². The second-order valence-electron chi connectivity index (χ2n) is 4.81. The highest BCUT2D eigenvalue weighted by molar-refractivity contribution is 5.87. The number of amides is 2. The highest BCUT2D eigenvalue weighted by Gasteiger charge is 2.25. The Hall–Kier alpha value is -1.14. The molecule has 0 bridgehead atoms. The molecule has 0 unspecified atom stereocenters. The van der Waals surface area contributed by atoms with E-state index in [1.165, 1.54) is 9.80 Å². The Morgan fingerprint density at radius 3 is 2.22 bits per heavy atom. The zero-order chi connectivity index (χ0) is 14.3. The largest absolute Gasteiger partial charge is 0.383 e. The summed E-state index contributed by atoms with van der Waals surface area (Å²) in [6.07, 6.45) is 0. The summed E-state index contributed by atoms with van der Waals surface area (Å²) in [4.78, 5) is 26.7. The molecule has 6 heteroatoms. The lowest BCUT2D eigenvalue weighted by Gasteiger charge is -2.27. The van der Waals surface area contributed by atoms with Crippen LogP contribution in [-0.4, -0.2) is 68.6 Å². The summed E-state index contributed by atoms with van der Waals surface area (Å²) in [7, 11) is 4.87. The number of methoxy groups -OCH3 is 1. The molecule has 0 saturated carbocycles. The monoisotopic (exact) mass is 259 g/mol. The molecule has 0 rings (SSSR count). The third kappa shape index (κ3) is 5.46. The van der Waals surface area contributed by atoms with Crippen LogP contribution in [0.5, 0.6) is 0 Å². The van der Waals surface area contributed by atoms with Crippen LogP contribution in [0.2, 0.25) is 0 Å². The van der Waals surface area contributed by atoms with Crippen LogP contribution < -0.4 is 5.73 Å². The van der Waals surface area contributed by atoms with Crippen LogP contribution in [0.25, 0.3) is 0 Å². The molecule has 2 amide bonds. The minimum Gasteiger partial charge on any atom is -0.383 e. The summed E-state index contributed by atoms with van der Waals surface area (Å²) in [6, 6.07) is -0.586. The lowest BCUT2D eigenvalue weighted by atomic mass is 10.0. The van der Waals surface area contributed by atoms with E-state index in [0.717, 1.165) is 0 Å². The van der Waals surface area contributed by atoms with Gasteiger partial charge in [0.15, 0.2) is 0 Å². The predicted molar refractivity (Wildman–Crippen MR) is 70.0 cm³/mol. The molecule has 0 spiro atoms. The summed E-state index contributed by atoms with van der Waals surface area (Å²) < 4.78 is 4.95. The van der Waals surface area contributed by atoms with E-state index < -0.39 is 6.04 Å². The van der Waals surface area contributed by atoms with E-state index in [0.29, 0.717) is 13.2 Å². The summed E-state index contributed by atoms with van der Waals surface area (Å²) in [5, 5.41) is 0. The molecular formula is C12H25N3O3. The normalized spacial score (nSPS) is 12.4. The van der Waals surface area contributed by atoms with E-state index in [4.69, 9.17) is 10.5 Å². The topological polar surface area (TPSA) is 75.9 Å². The molecule has 0 fully saturated rings. The van der Waals surface area contributed by atoms with E-state index in [-0.39, 0.29) is 24.3 Å². The van der Waals surface area contributed by atoms with Crippen LogP contribution in [0.4, 0.5) is 0 Å². The smallest absolute Gasteiger partial charge is 0.241 e. The zero-order valence-corrected chi connectivity index (χ0v) is 12.0. The Bertz CT molecular complexity index is 280. The number of carbonyl (C=O) groups is 2. The van der Waals surface area contributed by atoms with Crippen molar-refractivity contribution in [1.29, 1.82) is 0 Å². The number of nitrogens with zero attached hydrogens (tertiary/aromatic N) is 2. The summed E-state index contributed by atoms with van der Waals surface area (Å²) in [5.41, 5.74) is 5.83. The first-order valence-corrected chi connectivity index (χ1v) is 6.04. The second-order valence-corrected chi connectivity index (χ2v) is 4.81. The zero-order valence-electron chi connectivity index (χ0n) is 12.0. The van der Waals surface area contributed by atoms with Crippen LogP contribution >= 0.6 is 0 Å². The number of hydrogen-bond donors (Lipinski definition) is 1. The van der Waals surface area contributed by atoms with Crippen molar-refractivity contribution in [2.24, 2.45) is 11.7 Å². The van der Waals surface area contributed by atoms with Gasteiger partial charge in [0, 0.05) is 27.7 Å². The molecule has 106 valence electrons. The average molecular weight is 259 g/mol. The first-order valence-electron chi connectivity index (χ1n) is 6.04. The van der Waals surface area contributed by atoms with Gasteiger partial charge in [-0.05, 0) is 5.92 Å². The maximum atomic E-state index is 12.1. The molecular weight excluding hydrogens is 234 g/mol. The summed E-state index contributed by atoms with van der Waals surface area (Å²) in [6.45, 7) is 4.55. The maximum Gasteiger partial charge on any atom is 0.241 e. The lowest BCUT2D eigenvalue weighted by molar-refractivity contribution is -0.141. The molecule has 0 saturated heterocycles. The standard InChI is InChI=1S/C12H25N3O3/c1-9(2)11(13)12(17)15(6-7-18-5)8-10(16)14(3)4/h9,11H,6-8,13H2,1-5H3/t11-/m0/s1. The van der Waals surface area contributed by atoms with Gasteiger partial charge in [-0.1, -0.05) is 13.8 Å². The quantitative estimate of drug-likeness (QED) is 0.671. The van der Waals surface area contributed by atoms with Gasteiger partial charge < -0.3 is 20.3 Å². The average Bonchev–Trinajstić information content (AvgIpc) is 2.31. The lowest BCUT2D eigenvalue weighted by Crippen LogP contribution is -2.50. The van der Waals surface area contributed by atoms with Crippen molar-refractivity contribution in [2.45, 2.75) is 19.9 Å². The fourth-order valence-electron chi connectivity index (χ4n) is 1.27. The van der Waals surface area contributed by atoms with E-state index >= 15 is 0 Å². The summed E-state index contributed by atoms with van der Waals surface area (Å²) >= 11 is 0. The van der Waals surface area contributed by atoms with Gasteiger partial charge >= 0.3 is 0 Å². The maximum absolute atomic E-state index is 12.1. The Balaban J connectivity index is 4.66. The van der Waals surface area contributed by atoms with E-state index in [9.17, 15) is 9.59 Å². The van der Waals surface area contributed by atoms with Crippen LogP contribution in [0.3, 0.4) is 0 Å². The second kappa shape index (κ2) is 8.05. The minimum atomic E-state index is -0.586. The third-order valence-corrected chi connectivity index (χ3v) is 2.71. The third-order valence-electron chi connectivity index (χ3n) is 2.71. The van der Waals surface area contributed by atoms with Crippen molar-refractivity contribution in [3.8, 4) is 0 Å². The molecule has 18 heavy (non-hydrogen) atoms. The van der Waals surface area contributed by atoms with Gasteiger partial charge in [0.05, 0.1) is 19.2 Å². The molecule has 0 aromatic rings. The first-order chi connectivity index (χ1) is 8.31. The number of ether oxygens (including phenoxy) is 1. The summed E-state index contributed by atoms with van der Waals surface area (Å²) in [5.74, 6) is -0.301. The number of rotatable bonds is 7. The molecule has 0 aliphatic rings. The predicted octanol–water partition coefficient (Wildman–Crippen LogP) is -0.467. The van der Waals surface area contributed by atoms with Gasteiger partial charge in [0.1, 0.15) is 0 Å². The molecule has 0 aromatic carbocycles. The molecule has 0 heterocycles. The fourth-order valence-corrected chi connectivity index (χ4v) is 1.27. The number of carbonyl (C=O) groups excluding carboxylic acids is 2. The highest BCUT2D eigenvalue weighted by Crippen LogP contribution is 2.04. The van der Waals surface area contributed by atoms with Crippen LogP contribution in [-0.2, 0) is 14.3 Å². The van der Waals surface area contributed by atoms with E-state index in [1.54, 1.807) is 21.2 Å². The van der Waals surface area contributed by atoms with Crippen molar-refractivity contribution in [3.63, 3.8) is 0 Å². The van der Waals surface area contributed by atoms with Crippen molar-refractivity contribution < 1.29 is 14.3 Å². The highest BCUT2D eigenvalue weighted by atomic mass is 16.5. The van der Waals surface area contributed by atoms with Crippen LogP contribution in [0, 0.1) is 5.92 Å². The molecule has 0 aliphatic carbocycles. The molecule has 6 nitrogen and oxygen atoms in total. The Labute approximate surface area is 109 Å². The van der Waals surface area contributed by atoms with Gasteiger partial charge in [-0.15, -0.1) is 0 Å². The minimum absolute atomic E-state index is 0.0373. The van der Waals surface area contributed by atoms with Crippen molar-refractivity contribution in [2.75, 3.05) is 40.9 Å². The van der Waals surface area contributed by atoms with Crippen molar-refractivity contribution in [3.05, 3.63) is 0 Å². The Morgan fingerprint density at radius 1 is 1.28 bits per heavy atom. The van der Waals surface area contributed by atoms with Crippen LogP contribution in [0.15, 0.2) is 0 Å². The first kappa shape index (κ1) is 16.9. The molecule has 2 N–H and O–H groups in total. The number of hydrogen-bond acceptors (Lipinski definition) is 4.